The Labute approximate surface area is 119 Å². The van der Waals surface area contributed by atoms with Gasteiger partial charge in [0.1, 0.15) is 6.07 Å². The zero-order chi connectivity index (χ0) is 16.0. The summed E-state index contributed by atoms with van der Waals surface area (Å²) < 4.78 is 45.9. The van der Waals surface area contributed by atoms with Gasteiger partial charge in [0, 0.05) is 12.1 Å². The molecule has 0 amide bonds. The first-order valence-electron chi connectivity index (χ1n) is 5.98. The Kier molecular flexibility index (Phi) is 5.55. The predicted molar refractivity (Wildman–Crippen MR) is 66.1 cm³/mol. The van der Waals surface area contributed by atoms with E-state index in [1.165, 1.54) is 12.1 Å². The maximum absolute atomic E-state index is 12.4. The van der Waals surface area contributed by atoms with Crippen molar-refractivity contribution in [3.8, 4) is 11.8 Å². The Hall–Kier alpha value is -2.27. The first-order valence-corrected chi connectivity index (χ1v) is 5.98. The molecule has 0 heterocycles. The summed E-state index contributed by atoms with van der Waals surface area (Å²) in [7, 11) is 0. The molecule has 114 valence electrons. The number of alkyl halides is 3. The molecule has 0 spiro atoms. The quantitative estimate of drug-likeness (QED) is 0.841. The van der Waals surface area contributed by atoms with Gasteiger partial charge in [-0.25, -0.2) is 0 Å². The van der Waals surface area contributed by atoms with E-state index in [2.05, 4.69) is 4.74 Å². The van der Waals surface area contributed by atoms with Gasteiger partial charge >= 0.3 is 12.3 Å². The lowest BCUT2D eigenvalue weighted by Crippen LogP contribution is -2.20. The molecule has 1 rings (SSSR count). The van der Waals surface area contributed by atoms with E-state index >= 15 is 0 Å². The van der Waals surface area contributed by atoms with Crippen molar-refractivity contribution in [1.29, 1.82) is 5.26 Å². The van der Waals surface area contributed by atoms with E-state index in [0.29, 0.717) is 0 Å². The Morgan fingerprint density at radius 1 is 1.38 bits per heavy atom. The number of esters is 1. The second-order valence-corrected chi connectivity index (χ2v) is 3.93. The molecule has 0 saturated carbocycles. The number of nitriles is 1. The van der Waals surface area contributed by atoms with E-state index in [1.807, 2.05) is 0 Å². The van der Waals surface area contributed by atoms with Crippen molar-refractivity contribution in [3.05, 3.63) is 28.8 Å². The highest BCUT2D eigenvalue weighted by Crippen LogP contribution is 2.32. The number of nitrogens with two attached hydrogens (primary N) is 1. The van der Waals surface area contributed by atoms with Gasteiger partial charge in [0.2, 0.25) is 0 Å². The summed E-state index contributed by atoms with van der Waals surface area (Å²) in [6.07, 6.45) is -5.28. The second kappa shape index (κ2) is 6.95. The molecule has 0 fully saturated rings. The molecule has 0 saturated heterocycles. The van der Waals surface area contributed by atoms with Gasteiger partial charge in [0.25, 0.3) is 0 Å². The number of carbonyl (C=O) groups is 1. The van der Waals surface area contributed by atoms with Crippen molar-refractivity contribution in [1.82, 2.24) is 0 Å². The fourth-order valence-electron chi connectivity index (χ4n) is 1.70. The minimum atomic E-state index is -4.96. The van der Waals surface area contributed by atoms with Gasteiger partial charge < -0.3 is 15.2 Å². The number of hydrogen-bond donors (Lipinski definition) is 1. The fourth-order valence-corrected chi connectivity index (χ4v) is 1.70. The molecule has 1 aromatic carbocycles. The van der Waals surface area contributed by atoms with Crippen molar-refractivity contribution >= 4 is 5.97 Å². The van der Waals surface area contributed by atoms with Crippen LogP contribution in [0, 0.1) is 11.3 Å². The van der Waals surface area contributed by atoms with E-state index in [4.69, 9.17) is 15.7 Å². The third-order valence-electron chi connectivity index (χ3n) is 2.52. The molecular weight excluding hydrogens is 289 g/mol. The van der Waals surface area contributed by atoms with Crippen LogP contribution in [0.1, 0.15) is 23.6 Å². The van der Waals surface area contributed by atoms with Gasteiger partial charge in [0.15, 0.2) is 5.75 Å². The maximum atomic E-state index is 12.4. The smallest absolute Gasteiger partial charge is 0.466 e. The zero-order valence-corrected chi connectivity index (χ0v) is 11.2. The molecule has 0 radical (unpaired) electrons. The highest BCUT2D eigenvalue weighted by molar-refractivity contribution is 5.74. The molecule has 8 heteroatoms. The van der Waals surface area contributed by atoms with Crippen molar-refractivity contribution in [2.45, 2.75) is 26.3 Å². The molecule has 0 bridgehead atoms. The standard InChI is InChI=1S/C13H13F3N2O3/c1-2-20-11(19)5-8-3-4-9(6-17)12(10(8)7-18)21-13(14,15)16/h3-4H,2,5-6,17H2,1H3. The van der Waals surface area contributed by atoms with E-state index in [1.54, 1.807) is 13.0 Å². The van der Waals surface area contributed by atoms with Gasteiger partial charge in [0.05, 0.1) is 18.6 Å². The Morgan fingerprint density at radius 3 is 2.48 bits per heavy atom. The summed E-state index contributed by atoms with van der Waals surface area (Å²) in [4.78, 5) is 11.4. The number of benzene rings is 1. The van der Waals surface area contributed by atoms with Crippen LogP contribution in [-0.4, -0.2) is 18.9 Å². The number of carbonyl (C=O) groups excluding carboxylic acids is 1. The molecule has 0 aromatic heterocycles. The van der Waals surface area contributed by atoms with E-state index in [9.17, 15) is 18.0 Å². The van der Waals surface area contributed by atoms with Crippen LogP contribution in [0.25, 0.3) is 0 Å². The zero-order valence-electron chi connectivity index (χ0n) is 11.2. The number of ether oxygens (including phenoxy) is 2. The van der Waals surface area contributed by atoms with Crippen LogP contribution in [0.15, 0.2) is 12.1 Å². The summed E-state index contributed by atoms with van der Waals surface area (Å²) >= 11 is 0. The highest BCUT2D eigenvalue weighted by Gasteiger charge is 2.34. The maximum Gasteiger partial charge on any atom is 0.573 e. The monoisotopic (exact) mass is 302 g/mol. The van der Waals surface area contributed by atoms with Gasteiger partial charge in [-0.15, -0.1) is 13.2 Å². The van der Waals surface area contributed by atoms with E-state index in [0.717, 1.165) is 0 Å². The SMILES string of the molecule is CCOC(=O)Cc1ccc(CN)c(OC(F)(F)F)c1C#N. The third kappa shape index (κ3) is 4.65. The van der Waals surface area contributed by atoms with Gasteiger partial charge in [-0.1, -0.05) is 12.1 Å². The van der Waals surface area contributed by atoms with Gasteiger partial charge in [-0.05, 0) is 12.5 Å². The minimum absolute atomic E-state index is 0.0245. The first-order chi connectivity index (χ1) is 9.82. The second-order valence-electron chi connectivity index (χ2n) is 3.93. The van der Waals surface area contributed by atoms with Crippen LogP contribution in [0.2, 0.25) is 0 Å². The van der Waals surface area contributed by atoms with E-state index < -0.39 is 18.1 Å². The Morgan fingerprint density at radius 2 is 2.00 bits per heavy atom. The van der Waals surface area contributed by atoms with Gasteiger partial charge in [-0.2, -0.15) is 5.26 Å². The topological polar surface area (TPSA) is 85.3 Å². The summed E-state index contributed by atoms with van der Waals surface area (Å²) in [6.45, 7) is 1.49. The van der Waals surface area contributed by atoms with Crippen molar-refractivity contribution in [2.24, 2.45) is 5.73 Å². The number of rotatable bonds is 5. The third-order valence-corrected chi connectivity index (χ3v) is 2.52. The van der Waals surface area contributed by atoms with Crippen LogP contribution >= 0.6 is 0 Å². The molecule has 0 aliphatic carbocycles. The Balaban J connectivity index is 3.26. The van der Waals surface area contributed by atoms with Crippen LogP contribution < -0.4 is 10.5 Å². The number of hydrogen-bond acceptors (Lipinski definition) is 5. The lowest BCUT2D eigenvalue weighted by molar-refractivity contribution is -0.275. The first kappa shape index (κ1) is 16.8. The van der Waals surface area contributed by atoms with Crippen molar-refractivity contribution in [3.63, 3.8) is 0 Å². The molecule has 0 aliphatic heterocycles. The van der Waals surface area contributed by atoms with Crippen LogP contribution in [-0.2, 0) is 22.5 Å². The van der Waals surface area contributed by atoms with Crippen LogP contribution in [0.4, 0.5) is 13.2 Å². The van der Waals surface area contributed by atoms with Crippen molar-refractivity contribution < 1.29 is 27.4 Å². The average molecular weight is 302 g/mol. The number of halogens is 3. The summed E-state index contributed by atoms with van der Waals surface area (Å²) in [6, 6.07) is 4.27. The van der Waals surface area contributed by atoms with Crippen LogP contribution in [0.5, 0.6) is 5.75 Å². The summed E-state index contributed by atoms with van der Waals surface area (Å²) in [5.41, 5.74) is 5.09. The molecule has 0 aliphatic rings. The predicted octanol–water partition coefficient (Wildman–Crippen LogP) is 2.02. The highest BCUT2D eigenvalue weighted by atomic mass is 19.4. The lowest BCUT2D eigenvalue weighted by Gasteiger charge is -2.16. The van der Waals surface area contributed by atoms with E-state index in [-0.39, 0.29) is 36.3 Å². The normalized spacial score (nSPS) is 10.9. The molecule has 21 heavy (non-hydrogen) atoms. The molecule has 0 unspecified atom stereocenters. The van der Waals surface area contributed by atoms with Gasteiger partial charge in [-0.3, -0.25) is 4.79 Å². The molecule has 2 N–H and O–H groups in total. The molecule has 1 aromatic rings. The van der Waals surface area contributed by atoms with Crippen LogP contribution in [0.3, 0.4) is 0 Å². The Bertz CT molecular complexity index is 565. The minimum Gasteiger partial charge on any atom is -0.466 e. The molecule has 5 nitrogen and oxygen atoms in total. The number of nitrogens with zero attached hydrogens (tertiary/aromatic N) is 1. The van der Waals surface area contributed by atoms with Crippen molar-refractivity contribution in [2.75, 3.05) is 6.61 Å². The summed E-state index contributed by atoms with van der Waals surface area (Å²) in [5.74, 6) is -1.32. The average Bonchev–Trinajstić information content (AvgIpc) is 2.37. The fraction of sp³-hybridized carbons (Fsp3) is 0.385. The molecule has 0 atom stereocenters. The lowest BCUT2D eigenvalue weighted by atomic mass is 10.0. The molecular formula is C13H13F3N2O3. The largest absolute Gasteiger partial charge is 0.573 e. The summed E-state index contributed by atoms with van der Waals surface area (Å²) in [5, 5.41) is 9.07.